The molecular formula is C24H23NO5. The molecule has 6 nitrogen and oxygen atoms in total. The van der Waals surface area contributed by atoms with Gasteiger partial charge in [0.05, 0.1) is 11.4 Å². The lowest BCUT2D eigenvalue weighted by molar-refractivity contribution is -0.135. The summed E-state index contributed by atoms with van der Waals surface area (Å²) in [6, 6.07) is 14.3. The average molecular weight is 405 g/mol. The van der Waals surface area contributed by atoms with E-state index in [9.17, 15) is 14.4 Å². The summed E-state index contributed by atoms with van der Waals surface area (Å²) in [4.78, 5) is 39.0. The summed E-state index contributed by atoms with van der Waals surface area (Å²) < 4.78 is 10.7. The fourth-order valence-electron chi connectivity index (χ4n) is 3.98. The van der Waals surface area contributed by atoms with Crippen molar-refractivity contribution in [3.05, 3.63) is 81.2 Å². The first-order valence-corrected chi connectivity index (χ1v) is 9.99. The Morgan fingerprint density at radius 2 is 1.97 bits per heavy atom. The first-order valence-electron chi connectivity index (χ1n) is 9.99. The second-order valence-electron chi connectivity index (χ2n) is 7.66. The van der Waals surface area contributed by atoms with Crippen LogP contribution in [0.5, 0.6) is 0 Å². The first kappa shape index (κ1) is 19.9. The number of carbonyl (C=O) groups excluding carboxylic acids is 2. The number of likely N-dealkylation sites (N-methyl/N-ethyl adjacent to an activating group) is 1. The molecule has 3 aromatic rings. The van der Waals surface area contributed by atoms with Gasteiger partial charge < -0.3 is 14.1 Å². The molecular weight excluding hydrogens is 382 g/mol. The fraction of sp³-hybridized carbons (Fsp3) is 0.292. The van der Waals surface area contributed by atoms with Crippen LogP contribution in [0.4, 0.5) is 0 Å². The molecule has 1 aromatic heterocycles. The van der Waals surface area contributed by atoms with Gasteiger partial charge in [0, 0.05) is 13.1 Å². The van der Waals surface area contributed by atoms with Crippen LogP contribution in [0.15, 0.2) is 57.7 Å². The van der Waals surface area contributed by atoms with Gasteiger partial charge in [0.25, 0.3) is 5.91 Å². The quantitative estimate of drug-likeness (QED) is 0.617. The third-order valence-corrected chi connectivity index (χ3v) is 5.61. The molecule has 1 atom stereocenters. The van der Waals surface area contributed by atoms with Gasteiger partial charge in [-0.1, -0.05) is 35.9 Å². The molecule has 0 saturated heterocycles. The Bertz CT molecular complexity index is 1180. The lowest BCUT2D eigenvalue weighted by Gasteiger charge is -2.33. The zero-order valence-electron chi connectivity index (χ0n) is 17.0. The summed E-state index contributed by atoms with van der Waals surface area (Å²) in [5.41, 5.74) is 3.29. The van der Waals surface area contributed by atoms with Crippen molar-refractivity contribution in [2.45, 2.75) is 32.2 Å². The van der Waals surface area contributed by atoms with Gasteiger partial charge in [0.2, 0.25) is 5.76 Å². The molecule has 0 N–H and O–H groups in total. The second-order valence-corrected chi connectivity index (χ2v) is 7.66. The minimum Gasteiger partial charge on any atom is -0.450 e. The van der Waals surface area contributed by atoms with E-state index in [1.54, 1.807) is 30.1 Å². The molecule has 1 heterocycles. The van der Waals surface area contributed by atoms with Crippen LogP contribution in [0, 0.1) is 6.92 Å². The average Bonchev–Trinajstić information content (AvgIpc) is 2.76. The highest BCUT2D eigenvalue weighted by Crippen LogP contribution is 2.33. The molecule has 0 radical (unpaired) electrons. The number of rotatable bonds is 4. The highest BCUT2D eigenvalue weighted by Gasteiger charge is 2.27. The topological polar surface area (TPSA) is 76.8 Å². The number of carbonyl (C=O) groups is 2. The molecule has 0 unspecified atom stereocenters. The van der Waals surface area contributed by atoms with E-state index in [2.05, 4.69) is 6.07 Å². The highest BCUT2D eigenvalue weighted by molar-refractivity contribution is 5.90. The smallest absolute Gasteiger partial charge is 0.374 e. The van der Waals surface area contributed by atoms with Crippen LogP contribution in [-0.2, 0) is 16.0 Å². The van der Waals surface area contributed by atoms with Crippen molar-refractivity contribution in [1.29, 1.82) is 0 Å². The van der Waals surface area contributed by atoms with Crippen molar-refractivity contribution in [2.75, 3.05) is 13.7 Å². The van der Waals surface area contributed by atoms with Crippen LogP contribution in [0.3, 0.4) is 0 Å². The maximum absolute atomic E-state index is 12.7. The predicted molar refractivity (Wildman–Crippen MR) is 112 cm³/mol. The van der Waals surface area contributed by atoms with Crippen LogP contribution in [-0.4, -0.2) is 30.4 Å². The number of benzene rings is 2. The Morgan fingerprint density at radius 3 is 2.80 bits per heavy atom. The first-order chi connectivity index (χ1) is 14.4. The van der Waals surface area contributed by atoms with Crippen LogP contribution in [0.25, 0.3) is 11.0 Å². The van der Waals surface area contributed by atoms with Crippen LogP contribution in [0.1, 0.15) is 46.1 Å². The summed E-state index contributed by atoms with van der Waals surface area (Å²) in [6.45, 7) is 1.46. The second kappa shape index (κ2) is 8.14. The number of nitrogens with zero attached hydrogens (tertiary/aromatic N) is 1. The number of hydrogen-bond donors (Lipinski definition) is 0. The zero-order chi connectivity index (χ0) is 21.3. The van der Waals surface area contributed by atoms with E-state index >= 15 is 0 Å². The molecule has 0 fully saturated rings. The third-order valence-electron chi connectivity index (χ3n) is 5.61. The van der Waals surface area contributed by atoms with Gasteiger partial charge in [-0.05, 0) is 49.4 Å². The van der Waals surface area contributed by atoms with E-state index in [0.29, 0.717) is 11.0 Å². The Kier molecular flexibility index (Phi) is 5.40. The Hall–Kier alpha value is -3.41. The molecule has 2 aromatic carbocycles. The number of ether oxygens (including phenoxy) is 1. The molecule has 0 aliphatic heterocycles. The largest absolute Gasteiger partial charge is 0.450 e. The van der Waals surface area contributed by atoms with E-state index in [-0.39, 0.29) is 23.1 Å². The van der Waals surface area contributed by atoms with Gasteiger partial charge in [-0.3, -0.25) is 9.59 Å². The van der Waals surface area contributed by atoms with Crippen molar-refractivity contribution >= 4 is 22.8 Å². The SMILES string of the molecule is Cc1ccc2oc(C(=O)OCC(=O)N(C)[C@H]3CCCc4ccccc43)cc(=O)c2c1. The van der Waals surface area contributed by atoms with Crippen molar-refractivity contribution in [3.63, 3.8) is 0 Å². The monoisotopic (exact) mass is 405 g/mol. The zero-order valence-corrected chi connectivity index (χ0v) is 17.0. The molecule has 1 aliphatic carbocycles. The van der Waals surface area contributed by atoms with Crippen LogP contribution >= 0.6 is 0 Å². The number of amides is 1. The van der Waals surface area contributed by atoms with Gasteiger partial charge in [-0.2, -0.15) is 0 Å². The molecule has 0 spiro atoms. The van der Waals surface area contributed by atoms with Crippen molar-refractivity contribution in [1.82, 2.24) is 4.90 Å². The maximum Gasteiger partial charge on any atom is 0.374 e. The Balaban J connectivity index is 1.45. The van der Waals surface area contributed by atoms with Gasteiger partial charge in [-0.15, -0.1) is 0 Å². The Labute approximate surface area is 174 Å². The van der Waals surface area contributed by atoms with Crippen molar-refractivity contribution < 1.29 is 18.7 Å². The lowest BCUT2D eigenvalue weighted by atomic mass is 9.87. The summed E-state index contributed by atoms with van der Waals surface area (Å²) in [7, 11) is 1.72. The standard InChI is InChI=1S/C24H23NO5/c1-15-10-11-21-18(12-15)20(26)13-22(30-21)24(28)29-14-23(27)25(2)19-9-5-7-16-6-3-4-8-17(16)19/h3-4,6,8,10-13,19H,5,7,9,14H2,1-2H3/t19-/m0/s1. The maximum atomic E-state index is 12.7. The van der Waals surface area contributed by atoms with Gasteiger partial charge in [-0.25, -0.2) is 4.79 Å². The van der Waals surface area contributed by atoms with Crippen molar-refractivity contribution in [2.24, 2.45) is 0 Å². The van der Waals surface area contributed by atoms with Gasteiger partial charge in [0.15, 0.2) is 12.0 Å². The summed E-state index contributed by atoms with van der Waals surface area (Å²) in [5, 5.41) is 0.401. The molecule has 0 bridgehead atoms. The molecule has 154 valence electrons. The van der Waals surface area contributed by atoms with Gasteiger partial charge in [0.1, 0.15) is 5.58 Å². The molecule has 0 saturated carbocycles. The fourth-order valence-corrected chi connectivity index (χ4v) is 3.98. The predicted octanol–water partition coefficient (Wildman–Crippen LogP) is 3.79. The van der Waals surface area contributed by atoms with E-state index in [1.807, 2.05) is 25.1 Å². The van der Waals surface area contributed by atoms with Crippen molar-refractivity contribution in [3.8, 4) is 0 Å². The Morgan fingerprint density at radius 1 is 1.17 bits per heavy atom. The van der Waals surface area contributed by atoms with E-state index in [1.165, 1.54) is 5.56 Å². The molecule has 1 amide bonds. The number of fused-ring (bicyclic) bond motifs is 2. The minimum atomic E-state index is -0.833. The minimum absolute atomic E-state index is 0.0389. The van der Waals surface area contributed by atoms with E-state index < -0.39 is 12.6 Å². The molecule has 6 heteroatoms. The lowest BCUT2D eigenvalue weighted by Crippen LogP contribution is -2.36. The van der Waals surface area contributed by atoms with E-state index in [0.717, 1.165) is 36.5 Å². The van der Waals surface area contributed by atoms with Gasteiger partial charge >= 0.3 is 5.97 Å². The number of hydrogen-bond acceptors (Lipinski definition) is 5. The van der Waals surface area contributed by atoms with Crippen LogP contribution < -0.4 is 5.43 Å². The normalized spacial score (nSPS) is 15.5. The summed E-state index contributed by atoms with van der Waals surface area (Å²) in [5.74, 6) is -1.35. The summed E-state index contributed by atoms with van der Waals surface area (Å²) in [6.07, 6.45) is 2.87. The van der Waals surface area contributed by atoms with E-state index in [4.69, 9.17) is 9.15 Å². The third kappa shape index (κ3) is 3.85. The molecule has 4 rings (SSSR count). The summed E-state index contributed by atoms with van der Waals surface area (Å²) >= 11 is 0. The number of esters is 1. The van der Waals surface area contributed by atoms with Crippen LogP contribution in [0.2, 0.25) is 0 Å². The molecule has 30 heavy (non-hydrogen) atoms. The number of aryl methyl sites for hydroxylation is 2. The molecule has 1 aliphatic rings. The highest BCUT2D eigenvalue weighted by atomic mass is 16.5.